The predicted molar refractivity (Wildman–Crippen MR) is 452 cm³/mol. The SMILES string of the molecule is C(/Cc1c[nH]c2ccccc12)=N\N=C\c1c[nH]c2ccccc12.C(/Cc1csc2ccccc12)=N\N=C\c1csc2ccccc12.C(=N\N=C\c1cc[nH]c1)/c1cc[nH]c1.C(=N\N=C\c1ccc2[nH]ccc2c1)/c1ccc2[nH]ccc2c1.Cc1ccc2c(c1)CC=C2/C=C/C=C/C1=CCc2cc(C)ccc21. The molecule has 6 N–H and O–H groups in total. The van der Waals surface area contributed by atoms with E-state index in [0.29, 0.717) is 0 Å². The Labute approximate surface area is 622 Å². The molecule has 8 aromatic carbocycles. The molecule has 518 valence electrons. The smallest absolute Gasteiger partial charge is 0.0589 e. The van der Waals surface area contributed by atoms with E-state index in [2.05, 4.69) is 247 Å². The Bertz CT molecular complexity index is 5650. The largest absolute Gasteiger partial charge is 0.367 e. The molecule has 0 spiro atoms. The standard InChI is InChI=1S/C24H22.C19H16N4.C19H14N2S2.C18H14N4.C10H10N4/c1-17-7-13-23-19(9-11-21(23)15-17)5-3-4-6-20-10-12-22-16-18(2)8-14-24(20)22;1-3-7-18-16(5-1)14(11-20-18)9-10-22-23-13-15-12-21-19-8-4-2-6-17(15)19;1-3-7-18-16(5-1)14(12-22-18)9-10-20-21-11-15-13-23-19-8-4-2-6-17(15)19;1-3-17-15(5-7-19-17)9-13(1)11-21-22-12-14-2-4-18-16(10-14)6-8-20-18;1-3-11-5-9(1)7-13-14-8-10-2-4-12-6-10/h3-10,13-16H,11-12H2,1-2H3;1-8,10-13,20-21H,9H2;1-8,10-13H,9H2;1-12,19-20H;1-8,11-12H/b5-3+,6-4+;22-10+,23-13+;20-10+,21-11+;21-11+,22-12+;13-7+,14-8+. The van der Waals surface area contributed by atoms with Crippen molar-refractivity contribution in [2.24, 2.45) is 40.8 Å². The van der Waals surface area contributed by atoms with Crippen LogP contribution in [0.15, 0.2) is 332 Å². The molecule has 0 saturated heterocycles. The van der Waals surface area contributed by atoms with E-state index >= 15 is 0 Å². The Balaban J connectivity index is 0.000000112. The fraction of sp³-hybridized carbons (Fsp3) is 0.0667. The van der Waals surface area contributed by atoms with Gasteiger partial charge in [-0.15, -0.1) is 22.7 Å². The number of hydrogen-bond acceptors (Lipinski definition) is 10. The van der Waals surface area contributed by atoms with Crippen LogP contribution >= 0.6 is 22.7 Å². The van der Waals surface area contributed by atoms with Crippen molar-refractivity contribution in [2.45, 2.75) is 39.5 Å². The van der Waals surface area contributed by atoms with Crippen LogP contribution in [0.25, 0.3) is 74.9 Å². The summed E-state index contributed by atoms with van der Waals surface area (Å²) in [6.07, 6.45) is 46.6. The summed E-state index contributed by atoms with van der Waals surface area (Å²) in [5.74, 6) is 0. The zero-order valence-corrected chi connectivity index (χ0v) is 60.2. The predicted octanol–water partition coefficient (Wildman–Crippen LogP) is 22.0. The van der Waals surface area contributed by atoms with E-state index in [1.807, 2.05) is 147 Å². The van der Waals surface area contributed by atoms with Crippen LogP contribution < -0.4 is 0 Å². The average molecular weight is 1420 g/mol. The molecule has 8 aromatic heterocycles. The summed E-state index contributed by atoms with van der Waals surface area (Å²) in [4.78, 5) is 18.7. The van der Waals surface area contributed by atoms with Crippen LogP contribution in [0.2, 0.25) is 0 Å². The Hall–Kier alpha value is -13.3. The zero-order chi connectivity index (χ0) is 71.9. The van der Waals surface area contributed by atoms with Gasteiger partial charge < -0.3 is 29.9 Å². The van der Waals surface area contributed by atoms with E-state index in [-0.39, 0.29) is 0 Å². The maximum absolute atomic E-state index is 4.20. The number of aromatic amines is 6. The van der Waals surface area contributed by atoms with Crippen molar-refractivity contribution in [1.29, 1.82) is 0 Å². The molecule has 8 heterocycles. The summed E-state index contributed by atoms with van der Waals surface area (Å²) in [5.41, 5.74) is 24.3. The average Bonchev–Trinajstić information content (AvgIpc) is 1.72. The van der Waals surface area contributed by atoms with Gasteiger partial charge in [0, 0.05) is 150 Å². The first-order valence-corrected chi connectivity index (χ1v) is 36.7. The third-order valence-electron chi connectivity index (χ3n) is 17.9. The molecule has 0 amide bonds. The van der Waals surface area contributed by atoms with Crippen molar-refractivity contribution in [2.75, 3.05) is 0 Å². The molecular weight excluding hydrogens is 1340 g/mol. The highest BCUT2D eigenvalue weighted by Gasteiger charge is 2.13. The number of aryl methyl sites for hydroxylation is 2. The van der Waals surface area contributed by atoms with Gasteiger partial charge in [-0.05, 0) is 177 Å². The van der Waals surface area contributed by atoms with E-state index in [9.17, 15) is 0 Å². The van der Waals surface area contributed by atoms with Crippen LogP contribution in [0.4, 0.5) is 0 Å². The van der Waals surface area contributed by atoms with E-state index in [4.69, 9.17) is 0 Å². The Morgan fingerprint density at radius 3 is 1.42 bits per heavy atom. The molecule has 14 nitrogen and oxygen atoms in total. The van der Waals surface area contributed by atoms with E-state index in [1.54, 1.807) is 53.7 Å². The first-order valence-electron chi connectivity index (χ1n) is 35.0. The summed E-state index contributed by atoms with van der Waals surface area (Å²) in [6, 6.07) is 67.0. The first kappa shape index (κ1) is 69.8. The van der Waals surface area contributed by atoms with Gasteiger partial charge in [0.05, 0.1) is 37.3 Å². The molecule has 0 unspecified atom stereocenters. The van der Waals surface area contributed by atoms with Gasteiger partial charge in [0.2, 0.25) is 0 Å². The number of allylic oxidation sites excluding steroid dienone is 8. The van der Waals surface area contributed by atoms with Crippen LogP contribution in [0.5, 0.6) is 0 Å². The number of rotatable bonds is 17. The third-order valence-corrected chi connectivity index (χ3v) is 19.9. The first-order chi connectivity index (χ1) is 52.4. The highest BCUT2D eigenvalue weighted by atomic mass is 32.1. The monoisotopic (exact) mass is 1420 g/mol. The van der Waals surface area contributed by atoms with Gasteiger partial charge in [0.25, 0.3) is 0 Å². The lowest BCUT2D eigenvalue weighted by Crippen LogP contribution is -1.84. The molecule has 2 aliphatic carbocycles. The minimum absolute atomic E-state index is 0.759. The zero-order valence-electron chi connectivity index (χ0n) is 58.6. The van der Waals surface area contributed by atoms with Gasteiger partial charge in [-0.25, -0.2) is 0 Å². The topological polar surface area (TPSA) is 194 Å². The molecule has 0 fully saturated rings. The molecule has 0 aliphatic heterocycles. The lowest BCUT2D eigenvalue weighted by atomic mass is 10.0. The molecular formula is C90H76N14S2. The maximum atomic E-state index is 4.20. The highest BCUT2D eigenvalue weighted by molar-refractivity contribution is 7.17. The van der Waals surface area contributed by atoms with Crippen LogP contribution in [0.1, 0.15) is 77.9 Å². The Kier molecular flexibility index (Phi) is 23.1. The second-order valence-corrected chi connectivity index (χ2v) is 27.1. The van der Waals surface area contributed by atoms with Crippen molar-refractivity contribution in [3.05, 3.63) is 369 Å². The summed E-state index contributed by atoms with van der Waals surface area (Å²) in [7, 11) is 0. The van der Waals surface area contributed by atoms with Gasteiger partial charge in [-0.1, -0.05) is 169 Å². The second kappa shape index (κ2) is 35.1. The van der Waals surface area contributed by atoms with Crippen molar-refractivity contribution in [3.8, 4) is 0 Å². The molecule has 0 radical (unpaired) electrons. The van der Waals surface area contributed by atoms with Crippen molar-refractivity contribution in [3.63, 3.8) is 0 Å². The normalized spacial score (nSPS) is 12.9. The summed E-state index contributed by atoms with van der Waals surface area (Å²) in [6.45, 7) is 4.32. The summed E-state index contributed by atoms with van der Waals surface area (Å²) < 4.78 is 2.60. The molecule has 16 aromatic rings. The minimum Gasteiger partial charge on any atom is -0.367 e. The van der Waals surface area contributed by atoms with Crippen LogP contribution in [-0.4, -0.2) is 79.6 Å². The number of hydrogen-bond donors (Lipinski definition) is 6. The molecule has 16 heteroatoms. The van der Waals surface area contributed by atoms with E-state index in [1.165, 1.54) is 92.0 Å². The molecule has 0 bridgehead atoms. The fourth-order valence-corrected chi connectivity index (χ4v) is 14.4. The van der Waals surface area contributed by atoms with Gasteiger partial charge in [-0.2, -0.15) is 40.8 Å². The van der Waals surface area contributed by atoms with Gasteiger partial charge in [-0.3, -0.25) is 0 Å². The highest BCUT2D eigenvalue weighted by Crippen LogP contribution is 2.32. The van der Waals surface area contributed by atoms with E-state index < -0.39 is 0 Å². The van der Waals surface area contributed by atoms with Crippen LogP contribution in [-0.2, 0) is 25.7 Å². The van der Waals surface area contributed by atoms with Gasteiger partial charge in [0.1, 0.15) is 0 Å². The number of thiophene rings is 2. The maximum Gasteiger partial charge on any atom is 0.0589 e. The summed E-state index contributed by atoms with van der Waals surface area (Å²) >= 11 is 3.51. The Morgan fingerprint density at radius 1 is 0.358 bits per heavy atom. The quantitative estimate of drug-likeness (QED) is 0.0287. The van der Waals surface area contributed by atoms with Crippen molar-refractivity contribution in [1.82, 2.24) is 29.9 Å². The molecule has 0 atom stereocenters. The van der Waals surface area contributed by atoms with Crippen molar-refractivity contribution < 1.29 is 0 Å². The molecule has 106 heavy (non-hydrogen) atoms. The van der Waals surface area contributed by atoms with E-state index in [0.717, 1.165) is 86.5 Å². The third kappa shape index (κ3) is 18.3. The number of aromatic nitrogens is 6. The number of para-hydroxylation sites is 2. The molecule has 2 aliphatic rings. The summed E-state index contributed by atoms with van der Waals surface area (Å²) in [5, 5.41) is 44.3. The Morgan fingerprint density at radius 2 is 0.840 bits per heavy atom. The van der Waals surface area contributed by atoms with Gasteiger partial charge in [0.15, 0.2) is 0 Å². The second-order valence-electron chi connectivity index (χ2n) is 25.3. The number of nitrogens with one attached hydrogen (secondary N) is 6. The minimum atomic E-state index is 0.759. The molecule has 0 saturated carbocycles. The number of H-pyrrole nitrogens is 6. The number of benzene rings is 8. The fourth-order valence-electron chi connectivity index (χ4n) is 12.5. The molecule has 18 rings (SSSR count). The lowest BCUT2D eigenvalue weighted by Gasteiger charge is -2.03. The lowest BCUT2D eigenvalue weighted by molar-refractivity contribution is 1.23. The van der Waals surface area contributed by atoms with Crippen LogP contribution in [0.3, 0.4) is 0 Å². The number of fused-ring (bicyclic) bond motifs is 8. The number of nitrogens with zero attached hydrogens (tertiary/aromatic N) is 8. The van der Waals surface area contributed by atoms with Crippen molar-refractivity contribution >= 4 is 147 Å². The van der Waals surface area contributed by atoms with Crippen LogP contribution in [0, 0.1) is 13.8 Å². The van der Waals surface area contributed by atoms with Gasteiger partial charge >= 0.3 is 0 Å².